The van der Waals surface area contributed by atoms with E-state index in [0.29, 0.717) is 23.5 Å². The van der Waals surface area contributed by atoms with Gasteiger partial charge < -0.3 is 18.8 Å². The molecule has 2 aromatic carbocycles. The van der Waals surface area contributed by atoms with E-state index >= 15 is 0 Å². The second kappa shape index (κ2) is 11.9. The first-order chi connectivity index (χ1) is 19.2. The van der Waals surface area contributed by atoms with Crippen molar-refractivity contribution in [3.05, 3.63) is 76.6 Å². The molecule has 1 aliphatic heterocycles. The monoisotopic (exact) mass is 545 g/mol. The molecular formula is C30H31N3O7. The summed E-state index contributed by atoms with van der Waals surface area (Å²) in [6.45, 7) is 10.1. The van der Waals surface area contributed by atoms with E-state index in [1.54, 1.807) is 50.2 Å². The molecule has 0 atom stereocenters. The van der Waals surface area contributed by atoms with E-state index < -0.39 is 23.8 Å². The second-order valence-corrected chi connectivity index (χ2v) is 8.89. The Kier molecular flexibility index (Phi) is 8.37. The molecule has 40 heavy (non-hydrogen) atoms. The molecule has 0 radical (unpaired) electrons. The number of hydrogen-bond acceptors (Lipinski definition) is 7. The number of carbonyl (C=O) groups excluding carboxylic acids is 4. The second-order valence-electron chi connectivity index (χ2n) is 8.89. The van der Waals surface area contributed by atoms with E-state index in [4.69, 9.17) is 14.2 Å². The maximum atomic E-state index is 13.6. The van der Waals surface area contributed by atoms with Gasteiger partial charge in [0.15, 0.2) is 0 Å². The molecule has 1 N–H and O–H groups in total. The maximum Gasteiger partial charge on any atom is 0.338 e. The van der Waals surface area contributed by atoms with Crippen LogP contribution in [0.4, 0.5) is 10.5 Å². The highest BCUT2D eigenvalue weighted by atomic mass is 16.5. The number of anilines is 1. The molecule has 0 bridgehead atoms. The van der Waals surface area contributed by atoms with E-state index in [9.17, 15) is 19.2 Å². The summed E-state index contributed by atoms with van der Waals surface area (Å²) in [4.78, 5) is 52.4. The van der Waals surface area contributed by atoms with Crippen LogP contribution in [0.1, 0.15) is 48.1 Å². The van der Waals surface area contributed by atoms with Gasteiger partial charge in [0.05, 0.1) is 31.1 Å². The molecule has 10 heteroatoms. The van der Waals surface area contributed by atoms with E-state index in [1.165, 1.54) is 6.08 Å². The van der Waals surface area contributed by atoms with Gasteiger partial charge in [0.1, 0.15) is 17.1 Å². The normalized spacial score (nSPS) is 14.4. The van der Waals surface area contributed by atoms with Crippen LogP contribution in [0.25, 0.3) is 11.8 Å². The minimum atomic E-state index is -0.876. The number of hydrogen-bond donors (Lipinski definition) is 1. The van der Waals surface area contributed by atoms with Crippen LogP contribution in [0.15, 0.2) is 54.1 Å². The number of ether oxygens (including phenoxy) is 3. The Bertz CT molecular complexity index is 1520. The number of amides is 4. The zero-order valence-electron chi connectivity index (χ0n) is 23.1. The Morgan fingerprint density at radius 3 is 2.38 bits per heavy atom. The van der Waals surface area contributed by atoms with Crippen LogP contribution in [-0.4, -0.2) is 48.2 Å². The number of aromatic nitrogens is 1. The van der Waals surface area contributed by atoms with E-state index in [-0.39, 0.29) is 30.2 Å². The van der Waals surface area contributed by atoms with Gasteiger partial charge in [-0.3, -0.25) is 14.9 Å². The lowest BCUT2D eigenvalue weighted by molar-refractivity contribution is -0.122. The summed E-state index contributed by atoms with van der Waals surface area (Å²) >= 11 is 0. The van der Waals surface area contributed by atoms with Crippen LogP contribution in [-0.2, 0) is 14.3 Å². The largest absolute Gasteiger partial charge is 0.494 e. The number of aryl methyl sites for hydroxylation is 1. The van der Waals surface area contributed by atoms with Gasteiger partial charge in [-0.05, 0) is 82.7 Å². The molecule has 10 nitrogen and oxygen atoms in total. The number of urea groups is 1. The number of benzene rings is 2. The molecule has 1 saturated heterocycles. The summed E-state index contributed by atoms with van der Waals surface area (Å²) in [6, 6.07) is 12.7. The highest BCUT2D eigenvalue weighted by Gasteiger charge is 2.38. The first-order valence-corrected chi connectivity index (χ1v) is 13.0. The number of imide groups is 2. The predicted octanol–water partition coefficient (Wildman–Crippen LogP) is 4.73. The number of esters is 1. The Labute approximate surface area is 232 Å². The SMILES string of the molecule is CCOC(=O)c1cccc(-n2c(C)cc(/C=C3\C(=O)NC(=O)N(c4ccc(OCC)cc4OCC)C3=O)c2C)c1. The van der Waals surface area contributed by atoms with Gasteiger partial charge in [-0.15, -0.1) is 0 Å². The molecule has 1 aromatic heterocycles. The lowest BCUT2D eigenvalue weighted by Crippen LogP contribution is -2.54. The number of carbonyl (C=O) groups is 4. The van der Waals surface area contributed by atoms with Gasteiger partial charge in [-0.2, -0.15) is 0 Å². The molecule has 0 spiro atoms. The van der Waals surface area contributed by atoms with Crippen molar-refractivity contribution in [1.29, 1.82) is 0 Å². The van der Waals surface area contributed by atoms with Crippen LogP contribution in [0, 0.1) is 13.8 Å². The van der Waals surface area contributed by atoms with Crippen molar-refractivity contribution in [2.75, 3.05) is 24.7 Å². The highest BCUT2D eigenvalue weighted by molar-refractivity contribution is 6.39. The molecule has 0 saturated carbocycles. The van der Waals surface area contributed by atoms with Gasteiger partial charge >= 0.3 is 12.0 Å². The van der Waals surface area contributed by atoms with Crippen LogP contribution in [0.3, 0.4) is 0 Å². The molecule has 4 amide bonds. The molecule has 4 rings (SSSR count). The Morgan fingerprint density at radius 2 is 1.68 bits per heavy atom. The first-order valence-electron chi connectivity index (χ1n) is 13.0. The molecular weight excluding hydrogens is 514 g/mol. The minimum Gasteiger partial charge on any atom is -0.494 e. The van der Waals surface area contributed by atoms with Crippen LogP contribution in [0.2, 0.25) is 0 Å². The lowest BCUT2D eigenvalue weighted by Gasteiger charge is -2.28. The van der Waals surface area contributed by atoms with Crippen molar-refractivity contribution in [3.8, 4) is 17.2 Å². The van der Waals surface area contributed by atoms with Crippen molar-refractivity contribution < 1.29 is 33.4 Å². The zero-order chi connectivity index (χ0) is 29.0. The fourth-order valence-electron chi connectivity index (χ4n) is 4.56. The fraction of sp³-hybridized carbons (Fsp3) is 0.267. The zero-order valence-corrected chi connectivity index (χ0v) is 23.1. The Morgan fingerprint density at radius 1 is 0.925 bits per heavy atom. The standard InChI is InChI=1S/C30H31N3O7/c1-6-38-23-12-13-25(26(17-23)39-7-2)33-28(35)24(27(34)31-30(33)37)16-21-14-18(4)32(19(21)5)22-11-9-10-20(15-22)29(36)40-8-3/h9-17H,6-8H2,1-5H3,(H,31,34,37)/b24-16+. The van der Waals surface area contributed by atoms with Gasteiger partial charge in [0, 0.05) is 23.1 Å². The fourth-order valence-corrected chi connectivity index (χ4v) is 4.56. The molecule has 1 aliphatic rings. The molecule has 208 valence electrons. The highest BCUT2D eigenvalue weighted by Crippen LogP contribution is 2.35. The van der Waals surface area contributed by atoms with Gasteiger partial charge in [-0.1, -0.05) is 6.07 Å². The van der Waals surface area contributed by atoms with Crippen molar-refractivity contribution in [3.63, 3.8) is 0 Å². The number of rotatable bonds is 9. The van der Waals surface area contributed by atoms with Crippen LogP contribution in [0.5, 0.6) is 11.5 Å². The van der Waals surface area contributed by atoms with Crippen molar-refractivity contribution in [2.24, 2.45) is 0 Å². The lowest BCUT2D eigenvalue weighted by atomic mass is 10.1. The smallest absolute Gasteiger partial charge is 0.338 e. The third-order valence-electron chi connectivity index (χ3n) is 6.27. The molecule has 0 unspecified atom stereocenters. The molecule has 3 aromatic rings. The summed E-state index contributed by atoms with van der Waals surface area (Å²) in [5.74, 6) is -1.22. The van der Waals surface area contributed by atoms with Crippen molar-refractivity contribution in [2.45, 2.75) is 34.6 Å². The number of barbiturate groups is 1. The summed E-state index contributed by atoms with van der Waals surface area (Å²) in [7, 11) is 0. The summed E-state index contributed by atoms with van der Waals surface area (Å²) in [6.07, 6.45) is 1.46. The quantitative estimate of drug-likeness (QED) is 0.235. The van der Waals surface area contributed by atoms with Crippen molar-refractivity contribution in [1.82, 2.24) is 9.88 Å². The summed E-state index contributed by atoms with van der Waals surface area (Å²) in [5.41, 5.74) is 3.24. The van der Waals surface area contributed by atoms with E-state index in [0.717, 1.165) is 22.0 Å². The summed E-state index contributed by atoms with van der Waals surface area (Å²) < 4.78 is 18.2. The van der Waals surface area contributed by atoms with Crippen LogP contribution >= 0.6 is 0 Å². The average molecular weight is 546 g/mol. The van der Waals surface area contributed by atoms with Gasteiger partial charge in [0.2, 0.25) is 0 Å². The van der Waals surface area contributed by atoms with Gasteiger partial charge in [0.25, 0.3) is 11.8 Å². The van der Waals surface area contributed by atoms with Crippen LogP contribution < -0.4 is 19.7 Å². The average Bonchev–Trinajstić information content (AvgIpc) is 3.20. The number of nitrogens with one attached hydrogen (secondary N) is 1. The van der Waals surface area contributed by atoms with Crippen molar-refractivity contribution >= 4 is 35.6 Å². The topological polar surface area (TPSA) is 116 Å². The predicted molar refractivity (Wildman–Crippen MR) is 149 cm³/mol. The Hall–Kier alpha value is -4.86. The summed E-state index contributed by atoms with van der Waals surface area (Å²) in [5, 5.41) is 2.26. The van der Waals surface area contributed by atoms with E-state index in [1.807, 2.05) is 37.5 Å². The maximum absolute atomic E-state index is 13.6. The first kappa shape index (κ1) is 28.2. The Balaban J connectivity index is 1.74. The minimum absolute atomic E-state index is 0.187. The van der Waals surface area contributed by atoms with E-state index in [2.05, 4.69) is 5.32 Å². The number of nitrogens with zero attached hydrogens (tertiary/aromatic N) is 2. The molecule has 1 fully saturated rings. The third-order valence-corrected chi connectivity index (χ3v) is 6.27. The van der Waals surface area contributed by atoms with Gasteiger partial charge in [-0.25, -0.2) is 14.5 Å². The third kappa shape index (κ3) is 5.47. The molecule has 0 aliphatic carbocycles. The molecule has 2 heterocycles.